The van der Waals surface area contributed by atoms with Gasteiger partial charge in [-0.3, -0.25) is 0 Å². The molecule has 0 aliphatic carbocycles. The van der Waals surface area contributed by atoms with Crippen molar-refractivity contribution in [1.82, 2.24) is 0 Å². The van der Waals surface area contributed by atoms with E-state index in [0.29, 0.717) is 24.7 Å². The summed E-state index contributed by atoms with van der Waals surface area (Å²) in [5.41, 5.74) is 0. The van der Waals surface area contributed by atoms with E-state index in [4.69, 9.17) is 14.2 Å². The highest BCUT2D eigenvalue weighted by Gasteiger charge is 2.01. The SMILES string of the molecule is COCCOc1[c]cccc1OC. The Morgan fingerprint density at radius 3 is 2.85 bits per heavy atom. The van der Waals surface area contributed by atoms with Gasteiger partial charge in [0.2, 0.25) is 0 Å². The lowest BCUT2D eigenvalue weighted by molar-refractivity contribution is 0.144. The van der Waals surface area contributed by atoms with Crippen molar-refractivity contribution in [2.24, 2.45) is 0 Å². The molecule has 1 rings (SSSR count). The molecule has 0 amide bonds. The van der Waals surface area contributed by atoms with E-state index in [1.54, 1.807) is 20.3 Å². The lowest BCUT2D eigenvalue weighted by atomic mass is 10.3. The Kier molecular flexibility index (Phi) is 4.12. The average molecular weight is 181 g/mol. The number of hydrogen-bond acceptors (Lipinski definition) is 3. The fraction of sp³-hybridized carbons (Fsp3) is 0.400. The topological polar surface area (TPSA) is 27.7 Å². The molecule has 0 aliphatic rings. The predicted octanol–water partition coefficient (Wildman–Crippen LogP) is 1.52. The Labute approximate surface area is 78.2 Å². The summed E-state index contributed by atoms with van der Waals surface area (Å²) in [6.45, 7) is 1.07. The third kappa shape index (κ3) is 2.95. The van der Waals surface area contributed by atoms with Gasteiger partial charge in [-0.05, 0) is 6.07 Å². The zero-order valence-corrected chi connectivity index (χ0v) is 7.87. The first kappa shape index (κ1) is 9.86. The summed E-state index contributed by atoms with van der Waals surface area (Å²) in [7, 11) is 3.24. The van der Waals surface area contributed by atoms with E-state index in [0.717, 1.165) is 0 Å². The molecular weight excluding hydrogens is 168 g/mol. The molecule has 13 heavy (non-hydrogen) atoms. The molecule has 0 fully saturated rings. The van der Waals surface area contributed by atoms with Gasteiger partial charge in [0.05, 0.1) is 13.7 Å². The molecule has 0 bridgehead atoms. The number of rotatable bonds is 5. The van der Waals surface area contributed by atoms with Crippen LogP contribution in [0.1, 0.15) is 0 Å². The van der Waals surface area contributed by atoms with Gasteiger partial charge in [-0.15, -0.1) is 0 Å². The van der Waals surface area contributed by atoms with Crippen molar-refractivity contribution in [3.05, 3.63) is 24.3 Å². The maximum atomic E-state index is 5.36. The molecule has 3 nitrogen and oxygen atoms in total. The largest absolute Gasteiger partial charge is 0.493 e. The van der Waals surface area contributed by atoms with Crippen LogP contribution in [0.5, 0.6) is 11.5 Å². The van der Waals surface area contributed by atoms with Crippen molar-refractivity contribution in [3.63, 3.8) is 0 Å². The van der Waals surface area contributed by atoms with Crippen molar-refractivity contribution in [1.29, 1.82) is 0 Å². The second kappa shape index (κ2) is 5.43. The molecule has 0 saturated carbocycles. The standard InChI is InChI=1S/C10H13O3/c1-11-7-8-13-10-6-4-3-5-9(10)12-2/h3-5H,7-8H2,1-2H3. The van der Waals surface area contributed by atoms with Gasteiger partial charge in [0.1, 0.15) is 6.61 Å². The van der Waals surface area contributed by atoms with E-state index < -0.39 is 0 Å². The van der Waals surface area contributed by atoms with Crippen LogP contribution in [0.3, 0.4) is 0 Å². The van der Waals surface area contributed by atoms with E-state index >= 15 is 0 Å². The minimum atomic E-state index is 0.507. The molecular formula is C10H13O3. The summed E-state index contributed by atoms with van der Waals surface area (Å²) in [5, 5.41) is 0. The molecule has 0 aliphatic heterocycles. The second-order valence-electron chi connectivity index (χ2n) is 2.41. The zero-order chi connectivity index (χ0) is 9.52. The fourth-order valence-corrected chi connectivity index (χ4v) is 0.907. The van der Waals surface area contributed by atoms with Crippen LogP contribution in [-0.4, -0.2) is 27.4 Å². The van der Waals surface area contributed by atoms with Crippen LogP contribution in [0.4, 0.5) is 0 Å². The smallest absolute Gasteiger partial charge is 0.169 e. The molecule has 0 heterocycles. The van der Waals surface area contributed by atoms with Gasteiger partial charge in [-0.25, -0.2) is 0 Å². The van der Waals surface area contributed by atoms with E-state index in [-0.39, 0.29) is 0 Å². The van der Waals surface area contributed by atoms with Crippen molar-refractivity contribution >= 4 is 0 Å². The molecule has 1 aromatic carbocycles. The third-order valence-electron chi connectivity index (χ3n) is 1.54. The van der Waals surface area contributed by atoms with Crippen molar-refractivity contribution in [2.45, 2.75) is 0 Å². The van der Waals surface area contributed by atoms with E-state index in [2.05, 4.69) is 6.07 Å². The van der Waals surface area contributed by atoms with Gasteiger partial charge >= 0.3 is 0 Å². The first-order valence-electron chi connectivity index (χ1n) is 4.05. The molecule has 0 aromatic heterocycles. The summed E-state index contributed by atoms with van der Waals surface area (Å²) < 4.78 is 15.3. The third-order valence-corrected chi connectivity index (χ3v) is 1.54. The van der Waals surface area contributed by atoms with Gasteiger partial charge in [0.25, 0.3) is 0 Å². The summed E-state index contributed by atoms with van der Waals surface area (Å²) in [6, 6.07) is 8.41. The van der Waals surface area contributed by atoms with Crippen LogP contribution in [-0.2, 0) is 4.74 Å². The lowest BCUT2D eigenvalue weighted by Gasteiger charge is -2.08. The normalized spacial score (nSPS) is 9.69. The minimum absolute atomic E-state index is 0.507. The average Bonchev–Trinajstić information content (AvgIpc) is 2.19. The summed E-state index contributed by atoms with van der Waals surface area (Å²) >= 11 is 0. The van der Waals surface area contributed by atoms with Crippen LogP contribution < -0.4 is 9.47 Å². The number of ether oxygens (including phenoxy) is 3. The first-order valence-corrected chi connectivity index (χ1v) is 4.05. The van der Waals surface area contributed by atoms with Crippen LogP contribution in [0.2, 0.25) is 0 Å². The Hall–Kier alpha value is -1.22. The summed E-state index contributed by atoms with van der Waals surface area (Å²) in [4.78, 5) is 0. The Balaban J connectivity index is 2.54. The summed E-state index contributed by atoms with van der Waals surface area (Å²) in [5.74, 6) is 1.32. The van der Waals surface area contributed by atoms with Crippen LogP contribution in [0.15, 0.2) is 18.2 Å². The number of methoxy groups -OCH3 is 2. The molecule has 0 atom stereocenters. The first-order chi connectivity index (χ1) is 6.38. The number of hydrogen-bond donors (Lipinski definition) is 0. The Bertz CT molecular complexity index is 248. The van der Waals surface area contributed by atoms with Crippen molar-refractivity contribution in [2.75, 3.05) is 27.4 Å². The van der Waals surface area contributed by atoms with Gasteiger partial charge in [0.15, 0.2) is 11.5 Å². The number of benzene rings is 1. The van der Waals surface area contributed by atoms with Gasteiger partial charge < -0.3 is 14.2 Å². The molecule has 3 heteroatoms. The van der Waals surface area contributed by atoms with Gasteiger partial charge in [-0.2, -0.15) is 0 Å². The molecule has 1 aromatic rings. The quantitative estimate of drug-likeness (QED) is 0.644. The maximum Gasteiger partial charge on any atom is 0.169 e. The molecule has 0 N–H and O–H groups in total. The Morgan fingerprint density at radius 1 is 1.31 bits per heavy atom. The van der Waals surface area contributed by atoms with Crippen LogP contribution in [0, 0.1) is 6.07 Å². The highest BCUT2D eigenvalue weighted by atomic mass is 16.5. The fourth-order valence-electron chi connectivity index (χ4n) is 0.907. The molecule has 0 spiro atoms. The second-order valence-corrected chi connectivity index (χ2v) is 2.41. The van der Waals surface area contributed by atoms with Crippen molar-refractivity contribution < 1.29 is 14.2 Å². The predicted molar refractivity (Wildman–Crippen MR) is 49.2 cm³/mol. The van der Waals surface area contributed by atoms with Crippen LogP contribution in [0.25, 0.3) is 0 Å². The zero-order valence-electron chi connectivity index (χ0n) is 7.87. The van der Waals surface area contributed by atoms with E-state index in [9.17, 15) is 0 Å². The molecule has 1 radical (unpaired) electrons. The molecule has 0 unspecified atom stereocenters. The maximum absolute atomic E-state index is 5.36. The van der Waals surface area contributed by atoms with Crippen LogP contribution >= 0.6 is 0 Å². The van der Waals surface area contributed by atoms with Gasteiger partial charge in [0, 0.05) is 13.2 Å². The molecule has 0 saturated heterocycles. The molecule has 71 valence electrons. The minimum Gasteiger partial charge on any atom is -0.493 e. The van der Waals surface area contributed by atoms with E-state index in [1.807, 2.05) is 12.1 Å². The van der Waals surface area contributed by atoms with Gasteiger partial charge in [-0.1, -0.05) is 12.1 Å². The van der Waals surface area contributed by atoms with Crippen molar-refractivity contribution in [3.8, 4) is 11.5 Å². The van der Waals surface area contributed by atoms with E-state index in [1.165, 1.54) is 0 Å². The highest BCUT2D eigenvalue weighted by molar-refractivity contribution is 5.38. The number of para-hydroxylation sites is 1. The Morgan fingerprint density at radius 2 is 2.15 bits per heavy atom. The monoisotopic (exact) mass is 181 g/mol. The highest BCUT2D eigenvalue weighted by Crippen LogP contribution is 2.24. The lowest BCUT2D eigenvalue weighted by Crippen LogP contribution is -2.05. The summed E-state index contributed by atoms with van der Waals surface area (Å²) in [6.07, 6.45) is 0.